The Morgan fingerprint density at radius 1 is 0.950 bits per heavy atom. The predicted molar refractivity (Wildman–Crippen MR) is 81.0 cm³/mol. The van der Waals surface area contributed by atoms with Gasteiger partial charge in [0.05, 0.1) is 4.90 Å². The number of rotatable bonds is 4. The van der Waals surface area contributed by atoms with Gasteiger partial charge in [-0.2, -0.15) is 0 Å². The molecular weight excluding hydrogens is 270 g/mol. The minimum absolute atomic E-state index is 0.00956. The smallest absolute Gasteiger partial charge is 0.225 e. The van der Waals surface area contributed by atoms with E-state index < -0.39 is 10.0 Å². The van der Waals surface area contributed by atoms with Gasteiger partial charge in [0.2, 0.25) is 10.0 Å². The van der Waals surface area contributed by atoms with Gasteiger partial charge in [-0.3, -0.25) is 0 Å². The summed E-state index contributed by atoms with van der Waals surface area (Å²) in [5.41, 5.74) is 2.34. The van der Waals surface area contributed by atoms with Gasteiger partial charge < -0.3 is 0 Å². The molecule has 2 rings (SSSR count). The molecule has 3 nitrogen and oxygen atoms in total. The fourth-order valence-electron chi connectivity index (χ4n) is 2.30. The van der Waals surface area contributed by atoms with Crippen molar-refractivity contribution in [3.63, 3.8) is 0 Å². The minimum atomic E-state index is -3.62. The number of hydrogen-bond acceptors (Lipinski definition) is 2. The monoisotopic (exact) mass is 289 g/mol. The Kier molecular flexibility index (Phi) is 3.97. The molecule has 0 heterocycles. The second-order valence-electron chi connectivity index (χ2n) is 5.62. The number of nitrogens with two attached hydrogens (primary N) is 1. The van der Waals surface area contributed by atoms with Crippen molar-refractivity contribution in [2.24, 2.45) is 5.14 Å². The lowest BCUT2D eigenvalue weighted by molar-refractivity contribution is 0.522. The lowest BCUT2D eigenvalue weighted by Crippen LogP contribution is -2.20. The van der Waals surface area contributed by atoms with Crippen molar-refractivity contribution in [3.8, 4) is 0 Å². The quantitative estimate of drug-likeness (QED) is 0.940. The fraction of sp³-hybridized carbons (Fsp3) is 0.250. The largest absolute Gasteiger partial charge is 0.238 e. The second kappa shape index (κ2) is 5.38. The Morgan fingerprint density at radius 3 is 2.00 bits per heavy atom. The van der Waals surface area contributed by atoms with E-state index in [0.29, 0.717) is 0 Å². The van der Waals surface area contributed by atoms with E-state index in [1.165, 1.54) is 5.56 Å². The van der Waals surface area contributed by atoms with Crippen molar-refractivity contribution in [2.75, 3.05) is 0 Å². The molecule has 0 saturated carbocycles. The molecule has 0 radical (unpaired) electrons. The summed E-state index contributed by atoms with van der Waals surface area (Å²) in [6.07, 6.45) is 0.835. The van der Waals surface area contributed by atoms with Crippen molar-refractivity contribution in [1.29, 1.82) is 0 Å². The van der Waals surface area contributed by atoms with Crippen LogP contribution in [0.2, 0.25) is 0 Å². The van der Waals surface area contributed by atoms with Gasteiger partial charge in [-0.1, -0.05) is 56.3 Å². The summed E-state index contributed by atoms with van der Waals surface area (Å²) in [5, 5.41) is 5.10. The van der Waals surface area contributed by atoms with Crippen LogP contribution in [-0.4, -0.2) is 8.42 Å². The Balaban J connectivity index is 2.22. The number of benzene rings is 2. The van der Waals surface area contributed by atoms with Gasteiger partial charge in [-0.25, -0.2) is 13.6 Å². The van der Waals surface area contributed by atoms with Crippen molar-refractivity contribution in [3.05, 3.63) is 65.7 Å². The van der Waals surface area contributed by atoms with E-state index >= 15 is 0 Å². The van der Waals surface area contributed by atoms with Crippen LogP contribution in [0.3, 0.4) is 0 Å². The van der Waals surface area contributed by atoms with E-state index in [9.17, 15) is 8.42 Å². The first-order valence-corrected chi connectivity index (χ1v) is 8.01. The first-order valence-electron chi connectivity index (χ1n) is 6.46. The van der Waals surface area contributed by atoms with Crippen LogP contribution < -0.4 is 5.14 Å². The van der Waals surface area contributed by atoms with Gasteiger partial charge in [0.1, 0.15) is 0 Å². The molecule has 0 aliphatic heterocycles. The molecule has 0 bridgehead atoms. The predicted octanol–water partition coefficient (Wildman–Crippen LogP) is 2.85. The summed E-state index contributed by atoms with van der Waals surface area (Å²) in [7, 11) is -3.62. The van der Waals surface area contributed by atoms with E-state index in [2.05, 4.69) is 26.0 Å². The van der Waals surface area contributed by atoms with E-state index in [1.807, 2.05) is 30.3 Å². The molecule has 4 heteroatoms. The highest BCUT2D eigenvalue weighted by molar-refractivity contribution is 7.89. The zero-order valence-electron chi connectivity index (χ0n) is 11.7. The number of sulfonamides is 1. The molecular formula is C16H19NO2S. The highest BCUT2D eigenvalue weighted by Crippen LogP contribution is 2.27. The van der Waals surface area contributed by atoms with E-state index in [-0.39, 0.29) is 10.3 Å². The molecule has 0 atom stereocenters. The Labute approximate surface area is 120 Å². The standard InChI is InChI=1S/C16H19NO2S/c1-16(2,14-6-4-3-5-7-14)12-13-8-10-15(11-9-13)20(17,18)19/h3-11H,12H2,1-2H3,(H2,17,18,19). The highest BCUT2D eigenvalue weighted by atomic mass is 32.2. The fourth-order valence-corrected chi connectivity index (χ4v) is 2.81. The van der Waals surface area contributed by atoms with E-state index in [0.717, 1.165) is 12.0 Å². The lowest BCUT2D eigenvalue weighted by atomic mass is 9.79. The van der Waals surface area contributed by atoms with Gasteiger partial charge in [0, 0.05) is 0 Å². The third kappa shape index (κ3) is 3.46. The highest BCUT2D eigenvalue weighted by Gasteiger charge is 2.21. The van der Waals surface area contributed by atoms with Gasteiger partial charge in [-0.05, 0) is 35.1 Å². The summed E-state index contributed by atoms with van der Waals surface area (Å²) in [4.78, 5) is 0.152. The zero-order chi connectivity index (χ0) is 14.8. The first-order chi connectivity index (χ1) is 9.29. The Hall–Kier alpha value is -1.65. The SMILES string of the molecule is CC(C)(Cc1ccc(S(N)(=O)=O)cc1)c1ccccc1. The van der Waals surface area contributed by atoms with Crippen LogP contribution in [-0.2, 0) is 21.9 Å². The second-order valence-corrected chi connectivity index (χ2v) is 7.18. The molecule has 0 unspecified atom stereocenters. The van der Waals surface area contributed by atoms with E-state index in [1.54, 1.807) is 12.1 Å². The molecule has 0 fully saturated rings. The molecule has 2 N–H and O–H groups in total. The summed E-state index contributed by atoms with van der Waals surface area (Å²) in [5.74, 6) is 0. The average molecular weight is 289 g/mol. The van der Waals surface area contributed by atoms with Crippen molar-refractivity contribution in [2.45, 2.75) is 30.6 Å². The van der Waals surface area contributed by atoms with Gasteiger partial charge >= 0.3 is 0 Å². The molecule has 0 spiro atoms. The Bertz CT molecular complexity index is 674. The average Bonchev–Trinajstić information content (AvgIpc) is 2.39. The van der Waals surface area contributed by atoms with Crippen LogP contribution in [0, 0.1) is 0 Å². The van der Waals surface area contributed by atoms with Gasteiger partial charge in [0.25, 0.3) is 0 Å². The molecule has 20 heavy (non-hydrogen) atoms. The topological polar surface area (TPSA) is 60.2 Å². The molecule has 0 aliphatic carbocycles. The number of hydrogen-bond donors (Lipinski definition) is 1. The molecule has 0 amide bonds. The number of primary sulfonamides is 1. The molecule has 2 aromatic rings. The molecule has 0 saturated heterocycles. The third-order valence-corrected chi connectivity index (χ3v) is 4.38. The van der Waals surface area contributed by atoms with Crippen LogP contribution in [0.15, 0.2) is 59.5 Å². The normalized spacial score (nSPS) is 12.3. The lowest BCUT2D eigenvalue weighted by Gasteiger charge is -2.25. The van der Waals surface area contributed by atoms with Gasteiger partial charge in [-0.15, -0.1) is 0 Å². The minimum Gasteiger partial charge on any atom is -0.225 e. The summed E-state index contributed by atoms with van der Waals surface area (Å²) < 4.78 is 22.5. The van der Waals surface area contributed by atoms with Crippen molar-refractivity contribution in [1.82, 2.24) is 0 Å². The molecule has 2 aromatic carbocycles. The zero-order valence-corrected chi connectivity index (χ0v) is 12.5. The molecule has 0 aliphatic rings. The maximum absolute atomic E-state index is 11.2. The maximum Gasteiger partial charge on any atom is 0.238 e. The molecule has 0 aromatic heterocycles. The van der Waals surface area contributed by atoms with Crippen LogP contribution in [0.5, 0.6) is 0 Å². The molecule has 106 valence electrons. The van der Waals surface area contributed by atoms with Crippen LogP contribution in [0.4, 0.5) is 0 Å². The summed E-state index contributed by atoms with van der Waals surface area (Å²) in [6.45, 7) is 4.35. The van der Waals surface area contributed by atoms with Crippen molar-refractivity contribution < 1.29 is 8.42 Å². The van der Waals surface area contributed by atoms with E-state index in [4.69, 9.17) is 5.14 Å². The van der Waals surface area contributed by atoms with Crippen LogP contribution >= 0.6 is 0 Å². The first kappa shape index (κ1) is 14.8. The third-order valence-electron chi connectivity index (χ3n) is 3.45. The summed E-state index contributed by atoms with van der Waals surface area (Å²) >= 11 is 0. The summed E-state index contributed by atoms with van der Waals surface area (Å²) in [6, 6.07) is 17.0. The maximum atomic E-state index is 11.2. The Morgan fingerprint density at radius 2 is 1.50 bits per heavy atom. The van der Waals surface area contributed by atoms with Crippen LogP contribution in [0.25, 0.3) is 0 Å². The van der Waals surface area contributed by atoms with Gasteiger partial charge in [0.15, 0.2) is 0 Å². The van der Waals surface area contributed by atoms with Crippen LogP contribution in [0.1, 0.15) is 25.0 Å². The van der Waals surface area contributed by atoms with Crippen molar-refractivity contribution >= 4 is 10.0 Å².